The van der Waals surface area contributed by atoms with E-state index in [1.54, 1.807) is 30.4 Å². The number of amides is 1. The van der Waals surface area contributed by atoms with E-state index in [0.717, 1.165) is 10.6 Å². The van der Waals surface area contributed by atoms with E-state index in [4.69, 9.17) is 9.47 Å². The van der Waals surface area contributed by atoms with Gasteiger partial charge in [-0.1, -0.05) is 0 Å². The molecule has 0 aliphatic carbocycles. The third-order valence-corrected chi connectivity index (χ3v) is 5.80. The molecule has 1 aromatic carbocycles. The lowest BCUT2D eigenvalue weighted by atomic mass is 10.1. The molecule has 2 aromatic heterocycles. The number of benzene rings is 1. The van der Waals surface area contributed by atoms with Crippen LogP contribution in [0, 0.1) is 6.92 Å². The van der Waals surface area contributed by atoms with Gasteiger partial charge in [0.1, 0.15) is 9.88 Å². The summed E-state index contributed by atoms with van der Waals surface area (Å²) in [7, 11) is 0. The van der Waals surface area contributed by atoms with Crippen molar-refractivity contribution in [2.75, 3.05) is 12.1 Å². The van der Waals surface area contributed by atoms with Gasteiger partial charge in [-0.25, -0.2) is 4.98 Å². The van der Waals surface area contributed by atoms with Gasteiger partial charge in [0.15, 0.2) is 17.3 Å². The van der Waals surface area contributed by atoms with Gasteiger partial charge in [0.05, 0.1) is 11.4 Å². The fourth-order valence-corrected chi connectivity index (χ4v) is 4.31. The third kappa shape index (κ3) is 2.97. The van der Waals surface area contributed by atoms with Crippen LogP contribution in [0.4, 0.5) is 5.69 Å². The Morgan fingerprint density at radius 1 is 1.23 bits per heavy atom. The minimum absolute atomic E-state index is 0.0992. The molecule has 0 saturated carbocycles. The molecule has 3 heterocycles. The van der Waals surface area contributed by atoms with Crippen LogP contribution in [0.1, 0.15) is 32.6 Å². The predicted molar refractivity (Wildman–Crippen MR) is 101 cm³/mol. The van der Waals surface area contributed by atoms with Gasteiger partial charge in [-0.05, 0) is 31.4 Å². The minimum atomic E-state index is -0.303. The van der Waals surface area contributed by atoms with Crippen molar-refractivity contribution in [1.82, 2.24) is 4.98 Å². The van der Waals surface area contributed by atoms with Crippen molar-refractivity contribution in [3.63, 3.8) is 0 Å². The Morgan fingerprint density at radius 3 is 2.69 bits per heavy atom. The number of hydrogen-bond donors (Lipinski definition) is 1. The van der Waals surface area contributed by atoms with Crippen LogP contribution in [-0.2, 0) is 0 Å². The number of anilines is 1. The molecule has 0 fully saturated rings. The number of aryl methyl sites for hydroxylation is 1. The highest BCUT2D eigenvalue weighted by atomic mass is 32.1. The molecule has 0 saturated heterocycles. The second-order valence-corrected chi connectivity index (χ2v) is 7.49. The second-order valence-electron chi connectivity index (χ2n) is 5.71. The lowest BCUT2D eigenvalue weighted by Crippen LogP contribution is -2.14. The van der Waals surface area contributed by atoms with E-state index in [2.05, 4.69) is 10.3 Å². The first kappa shape index (κ1) is 16.7. The number of thiophene rings is 1. The standard InChI is InChI=1S/C18H14N2O4S2/c1-9-16(26-18(19-9)11-3-4-25-7-11)17(22)20-13-6-15-14(23-8-24-15)5-12(13)10(2)21/h3-7H,8H2,1-2H3,(H,20,22). The highest BCUT2D eigenvalue weighted by Gasteiger charge is 2.22. The molecule has 1 aliphatic heterocycles. The Hall–Kier alpha value is -2.71. The number of carbonyl (C=O) groups is 2. The van der Waals surface area contributed by atoms with Crippen molar-refractivity contribution in [3.05, 3.63) is 45.1 Å². The lowest BCUT2D eigenvalue weighted by molar-refractivity contribution is 0.101. The Labute approximate surface area is 157 Å². The summed E-state index contributed by atoms with van der Waals surface area (Å²) >= 11 is 2.91. The lowest BCUT2D eigenvalue weighted by Gasteiger charge is -2.10. The normalized spacial score (nSPS) is 12.2. The van der Waals surface area contributed by atoms with Gasteiger partial charge in [-0.2, -0.15) is 11.3 Å². The van der Waals surface area contributed by atoms with Gasteiger partial charge in [0, 0.05) is 22.6 Å². The second kappa shape index (κ2) is 6.54. The van der Waals surface area contributed by atoms with Crippen LogP contribution in [0.3, 0.4) is 0 Å². The highest BCUT2D eigenvalue weighted by Crippen LogP contribution is 2.38. The van der Waals surface area contributed by atoms with Gasteiger partial charge in [-0.3, -0.25) is 9.59 Å². The van der Waals surface area contributed by atoms with Crippen LogP contribution in [0.25, 0.3) is 10.6 Å². The summed E-state index contributed by atoms with van der Waals surface area (Å²) in [5.74, 6) is 0.536. The van der Waals surface area contributed by atoms with E-state index in [-0.39, 0.29) is 18.5 Å². The smallest absolute Gasteiger partial charge is 0.267 e. The third-order valence-electron chi connectivity index (χ3n) is 3.91. The number of fused-ring (bicyclic) bond motifs is 1. The van der Waals surface area contributed by atoms with Gasteiger partial charge in [0.2, 0.25) is 6.79 Å². The molecular formula is C18H14N2O4S2. The number of ketones is 1. The molecule has 0 spiro atoms. The Morgan fingerprint density at radius 2 is 2.00 bits per heavy atom. The maximum absolute atomic E-state index is 12.8. The molecule has 0 atom stereocenters. The first-order chi connectivity index (χ1) is 12.5. The fourth-order valence-electron chi connectivity index (χ4n) is 2.63. The molecular weight excluding hydrogens is 372 g/mol. The van der Waals surface area contributed by atoms with Gasteiger partial charge < -0.3 is 14.8 Å². The number of rotatable bonds is 4. The molecule has 1 aliphatic rings. The van der Waals surface area contributed by atoms with Crippen LogP contribution in [-0.4, -0.2) is 23.5 Å². The Kier molecular flexibility index (Phi) is 4.21. The van der Waals surface area contributed by atoms with Crippen LogP contribution < -0.4 is 14.8 Å². The number of hydrogen-bond acceptors (Lipinski definition) is 7. The summed E-state index contributed by atoms with van der Waals surface area (Å²) in [6.07, 6.45) is 0. The molecule has 8 heteroatoms. The number of aromatic nitrogens is 1. The van der Waals surface area contributed by atoms with Crippen LogP contribution in [0.5, 0.6) is 11.5 Å². The van der Waals surface area contributed by atoms with Gasteiger partial charge in [0.25, 0.3) is 5.91 Å². The van der Waals surface area contributed by atoms with Crippen molar-refractivity contribution in [1.29, 1.82) is 0 Å². The molecule has 0 unspecified atom stereocenters. The van der Waals surface area contributed by atoms with E-state index in [0.29, 0.717) is 33.3 Å². The van der Waals surface area contributed by atoms with Crippen molar-refractivity contribution < 1.29 is 19.1 Å². The highest BCUT2D eigenvalue weighted by molar-refractivity contribution is 7.17. The van der Waals surface area contributed by atoms with Crippen LogP contribution in [0.15, 0.2) is 29.0 Å². The van der Waals surface area contributed by atoms with Crippen LogP contribution >= 0.6 is 22.7 Å². The molecule has 1 N–H and O–H groups in total. The minimum Gasteiger partial charge on any atom is -0.454 e. The maximum atomic E-state index is 12.8. The summed E-state index contributed by atoms with van der Waals surface area (Å²) in [6.45, 7) is 3.34. The quantitative estimate of drug-likeness (QED) is 0.674. The molecule has 0 bridgehead atoms. The first-order valence-corrected chi connectivity index (χ1v) is 9.55. The number of nitrogens with zero attached hydrogens (tertiary/aromatic N) is 1. The summed E-state index contributed by atoms with van der Waals surface area (Å²) in [4.78, 5) is 29.7. The number of nitrogens with one attached hydrogen (secondary N) is 1. The molecule has 132 valence electrons. The van der Waals surface area contributed by atoms with E-state index in [1.807, 2.05) is 16.8 Å². The van der Waals surface area contributed by atoms with Gasteiger partial charge >= 0.3 is 0 Å². The number of carbonyl (C=O) groups excluding carboxylic acids is 2. The molecule has 4 rings (SSSR count). The zero-order chi connectivity index (χ0) is 18.3. The topological polar surface area (TPSA) is 77.5 Å². The predicted octanol–water partition coefficient (Wildman–Crippen LogP) is 4.36. The molecule has 26 heavy (non-hydrogen) atoms. The molecule has 1 amide bonds. The monoisotopic (exact) mass is 386 g/mol. The fraction of sp³-hybridized carbons (Fsp3) is 0.167. The molecule has 6 nitrogen and oxygen atoms in total. The molecule has 0 radical (unpaired) electrons. The maximum Gasteiger partial charge on any atom is 0.267 e. The zero-order valence-electron chi connectivity index (χ0n) is 14.0. The Bertz CT molecular complexity index is 1010. The summed E-state index contributed by atoms with van der Waals surface area (Å²) in [5, 5.41) is 7.57. The van der Waals surface area contributed by atoms with E-state index in [9.17, 15) is 9.59 Å². The summed E-state index contributed by atoms with van der Waals surface area (Å²) < 4.78 is 10.6. The largest absolute Gasteiger partial charge is 0.454 e. The van der Waals surface area contributed by atoms with E-state index in [1.165, 1.54) is 18.3 Å². The average Bonchev–Trinajstić information content (AvgIpc) is 3.33. The summed E-state index contributed by atoms with van der Waals surface area (Å²) in [5.41, 5.74) is 2.42. The molecule has 3 aromatic rings. The van der Waals surface area contributed by atoms with Crippen molar-refractivity contribution in [2.24, 2.45) is 0 Å². The number of ether oxygens (including phenoxy) is 2. The summed E-state index contributed by atoms with van der Waals surface area (Å²) in [6, 6.07) is 5.18. The van der Waals surface area contributed by atoms with E-state index >= 15 is 0 Å². The average molecular weight is 386 g/mol. The number of Topliss-reactive ketones (excluding diaryl/α,β-unsaturated/α-hetero) is 1. The van der Waals surface area contributed by atoms with Gasteiger partial charge in [-0.15, -0.1) is 11.3 Å². The van der Waals surface area contributed by atoms with Crippen LogP contribution in [0.2, 0.25) is 0 Å². The van der Waals surface area contributed by atoms with Crippen molar-refractivity contribution in [2.45, 2.75) is 13.8 Å². The Balaban J connectivity index is 1.66. The van der Waals surface area contributed by atoms with Crippen molar-refractivity contribution in [3.8, 4) is 22.1 Å². The van der Waals surface area contributed by atoms with E-state index < -0.39 is 0 Å². The number of thiazole rings is 1. The zero-order valence-corrected chi connectivity index (χ0v) is 15.6. The van der Waals surface area contributed by atoms with Crippen molar-refractivity contribution >= 4 is 40.1 Å². The SMILES string of the molecule is CC(=O)c1cc2c(cc1NC(=O)c1sc(-c3ccsc3)nc1C)OCO2. The first-order valence-electron chi connectivity index (χ1n) is 7.79.